The van der Waals surface area contributed by atoms with Crippen LogP contribution >= 0.6 is 11.6 Å². The van der Waals surface area contributed by atoms with Crippen molar-refractivity contribution in [2.75, 3.05) is 6.54 Å². The number of nitrogens with one attached hydrogen (secondary N) is 1. The summed E-state index contributed by atoms with van der Waals surface area (Å²) in [7, 11) is 0. The Morgan fingerprint density at radius 2 is 1.95 bits per heavy atom. The number of aromatic nitrogens is 5. The molecule has 0 bridgehead atoms. The molecule has 10 nitrogen and oxygen atoms in total. The minimum absolute atomic E-state index is 0.217. The van der Waals surface area contributed by atoms with Gasteiger partial charge < -0.3 is 15.3 Å². The van der Waals surface area contributed by atoms with Crippen molar-refractivity contribution in [1.29, 1.82) is 0 Å². The van der Waals surface area contributed by atoms with Crippen LogP contribution in [-0.2, 0) is 21.7 Å². The molecule has 188 valence electrons. The molecule has 0 radical (unpaired) electrons. The molecular formula is C26H24ClN7O3. The lowest BCUT2D eigenvalue weighted by Crippen LogP contribution is -2.53. The molecule has 37 heavy (non-hydrogen) atoms. The first-order valence-electron chi connectivity index (χ1n) is 11.8. The predicted molar refractivity (Wildman–Crippen MR) is 134 cm³/mol. The third kappa shape index (κ3) is 4.81. The first kappa shape index (κ1) is 24.5. The molecule has 1 fully saturated rings. The van der Waals surface area contributed by atoms with Gasteiger partial charge in [0.1, 0.15) is 12.4 Å². The van der Waals surface area contributed by atoms with Gasteiger partial charge in [-0.05, 0) is 58.7 Å². The van der Waals surface area contributed by atoms with E-state index in [2.05, 4.69) is 25.8 Å². The SMILES string of the molecule is O=C(NCc1ccccc1-n1cnnn1)[C@@H]1CCCN1C(=O)C(O)(c1cccnc1)c1cccc(Cl)c1. The van der Waals surface area contributed by atoms with Gasteiger partial charge in [0, 0.05) is 36.1 Å². The van der Waals surface area contributed by atoms with Crippen molar-refractivity contribution in [2.45, 2.75) is 31.0 Å². The molecule has 0 saturated carbocycles. The Morgan fingerprint density at radius 1 is 1.11 bits per heavy atom. The normalized spacial score (nSPS) is 16.8. The molecule has 0 aliphatic carbocycles. The maximum atomic E-state index is 14.0. The maximum Gasteiger partial charge on any atom is 0.264 e. The van der Waals surface area contributed by atoms with Crippen LogP contribution in [0.4, 0.5) is 0 Å². The van der Waals surface area contributed by atoms with E-state index in [0.717, 1.165) is 11.3 Å². The van der Waals surface area contributed by atoms with Gasteiger partial charge in [0.05, 0.1) is 5.69 Å². The summed E-state index contributed by atoms with van der Waals surface area (Å²) < 4.78 is 1.52. The molecule has 11 heteroatoms. The number of likely N-dealkylation sites (tertiary alicyclic amines) is 1. The Balaban J connectivity index is 1.39. The number of benzene rings is 2. The lowest BCUT2D eigenvalue weighted by molar-refractivity contribution is -0.152. The highest BCUT2D eigenvalue weighted by Gasteiger charge is 2.47. The molecule has 3 heterocycles. The Morgan fingerprint density at radius 3 is 2.70 bits per heavy atom. The van der Waals surface area contributed by atoms with Crippen LogP contribution in [0.1, 0.15) is 29.5 Å². The smallest absolute Gasteiger partial charge is 0.264 e. The monoisotopic (exact) mass is 517 g/mol. The number of nitrogens with zero attached hydrogens (tertiary/aromatic N) is 6. The fourth-order valence-electron chi connectivity index (χ4n) is 4.65. The maximum absolute atomic E-state index is 14.0. The number of hydrogen-bond donors (Lipinski definition) is 2. The quantitative estimate of drug-likeness (QED) is 0.385. The average molecular weight is 518 g/mol. The largest absolute Gasteiger partial charge is 0.372 e. The highest BCUT2D eigenvalue weighted by atomic mass is 35.5. The third-order valence-electron chi connectivity index (χ3n) is 6.49. The van der Waals surface area contributed by atoms with Crippen LogP contribution in [0.3, 0.4) is 0 Å². The van der Waals surface area contributed by atoms with E-state index in [9.17, 15) is 14.7 Å². The van der Waals surface area contributed by atoms with Gasteiger partial charge in [-0.1, -0.05) is 48.0 Å². The predicted octanol–water partition coefficient (Wildman–Crippen LogP) is 2.25. The van der Waals surface area contributed by atoms with Crippen molar-refractivity contribution in [1.82, 2.24) is 35.4 Å². The van der Waals surface area contributed by atoms with Gasteiger partial charge in [0.25, 0.3) is 5.91 Å². The summed E-state index contributed by atoms with van der Waals surface area (Å²) in [4.78, 5) is 32.8. The summed E-state index contributed by atoms with van der Waals surface area (Å²) in [6.45, 7) is 0.551. The van der Waals surface area contributed by atoms with Crippen LogP contribution in [0, 0.1) is 0 Å². The Kier molecular flexibility index (Phi) is 6.93. The number of tetrazole rings is 1. The van der Waals surface area contributed by atoms with Gasteiger partial charge in [-0.25, -0.2) is 4.68 Å². The van der Waals surface area contributed by atoms with Crippen molar-refractivity contribution >= 4 is 23.4 Å². The number of halogens is 1. The van der Waals surface area contributed by atoms with Crippen LogP contribution < -0.4 is 5.32 Å². The summed E-state index contributed by atoms with van der Waals surface area (Å²) in [5, 5.41) is 26.5. The molecule has 2 N–H and O–H groups in total. The van der Waals surface area contributed by atoms with Gasteiger partial charge >= 0.3 is 0 Å². The standard InChI is InChI=1S/C26H24ClN7O3/c27-21-9-3-7-19(14-21)26(37,20-8-4-12-28-16-20)25(36)33-13-5-11-23(33)24(35)29-15-18-6-1-2-10-22(18)34-17-30-31-32-34/h1-4,6-10,12,14,16-17,23,37H,5,11,13,15H2,(H,29,35)/t23-,26?/m0/s1. The molecule has 0 spiro atoms. The van der Waals surface area contributed by atoms with E-state index < -0.39 is 17.6 Å². The van der Waals surface area contributed by atoms with Crippen molar-refractivity contribution < 1.29 is 14.7 Å². The molecule has 2 aromatic carbocycles. The molecule has 4 aromatic rings. The highest BCUT2D eigenvalue weighted by molar-refractivity contribution is 6.30. The first-order chi connectivity index (χ1) is 18.0. The molecular weight excluding hydrogens is 494 g/mol. The van der Waals surface area contributed by atoms with E-state index in [1.807, 2.05) is 24.3 Å². The lowest BCUT2D eigenvalue weighted by atomic mass is 9.85. The fraction of sp³-hybridized carbons (Fsp3) is 0.231. The van der Waals surface area contributed by atoms with Gasteiger partial charge in [0.15, 0.2) is 5.60 Å². The van der Waals surface area contributed by atoms with Crippen LogP contribution in [0.5, 0.6) is 0 Å². The number of aliphatic hydroxyl groups is 1. The van der Waals surface area contributed by atoms with Gasteiger partial charge in [-0.2, -0.15) is 0 Å². The van der Waals surface area contributed by atoms with E-state index in [-0.39, 0.29) is 12.5 Å². The Bertz CT molecular complexity index is 1400. The first-order valence-corrected chi connectivity index (χ1v) is 12.2. The lowest BCUT2D eigenvalue weighted by Gasteiger charge is -2.34. The molecule has 1 aliphatic heterocycles. The minimum atomic E-state index is -2.06. The van der Waals surface area contributed by atoms with Crippen molar-refractivity contribution in [3.05, 3.63) is 101 Å². The molecule has 5 rings (SSSR count). The number of hydrogen-bond acceptors (Lipinski definition) is 7. The summed E-state index contributed by atoms with van der Waals surface area (Å²) in [6.07, 6.45) is 5.59. The second kappa shape index (κ2) is 10.5. The highest BCUT2D eigenvalue weighted by Crippen LogP contribution is 2.35. The molecule has 1 unspecified atom stereocenters. The van der Waals surface area contributed by atoms with Crippen LogP contribution in [0.15, 0.2) is 79.4 Å². The second-order valence-electron chi connectivity index (χ2n) is 8.72. The zero-order chi connectivity index (χ0) is 25.8. The number of para-hydroxylation sites is 1. The van der Waals surface area contributed by atoms with Crippen LogP contribution in [0.2, 0.25) is 5.02 Å². The average Bonchev–Trinajstić information content (AvgIpc) is 3.64. The van der Waals surface area contributed by atoms with Crippen LogP contribution in [0.25, 0.3) is 5.69 Å². The zero-order valence-electron chi connectivity index (χ0n) is 19.7. The van der Waals surface area contributed by atoms with Crippen molar-refractivity contribution in [3.8, 4) is 5.69 Å². The van der Waals surface area contributed by atoms with E-state index >= 15 is 0 Å². The van der Waals surface area contributed by atoms with Gasteiger partial charge in [0.2, 0.25) is 5.91 Å². The topological polar surface area (TPSA) is 126 Å². The second-order valence-corrected chi connectivity index (χ2v) is 9.16. The van der Waals surface area contributed by atoms with E-state index in [4.69, 9.17) is 11.6 Å². The molecule has 2 amide bonds. The number of carbonyl (C=O) groups is 2. The zero-order valence-corrected chi connectivity index (χ0v) is 20.5. The molecule has 1 saturated heterocycles. The van der Waals surface area contributed by atoms with E-state index in [0.29, 0.717) is 35.5 Å². The van der Waals surface area contributed by atoms with E-state index in [1.165, 1.54) is 22.1 Å². The number of rotatable bonds is 7. The summed E-state index contributed by atoms with van der Waals surface area (Å²) in [6, 6.07) is 16.5. The van der Waals surface area contributed by atoms with Crippen LogP contribution in [-0.4, -0.2) is 59.6 Å². The van der Waals surface area contributed by atoms with E-state index in [1.54, 1.807) is 42.6 Å². The minimum Gasteiger partial charge on any atom is -0.372 e. The fourth-order valence-corrected chi connectivity index (χ4v) is 4.84. The van der Waals surface area contributed by atoms with Crippen molar-refractivity contribution in [3.63, 3.8) is 0 Å². The van der Waals surface area contributed by atoms with Gasteiger partial charge in [-0.3, -0.25) is 14.6 Å². The summed E-state index contributed by atoms with van der Waals surface area (Å²) in [5.41, 5.74) is 0.0846. The molecule has 2 aromatic heterocycles. The summed E-state index contributed by atoms with van der Waals surface area (Å²) >= 11 is 6.20. The molecule has 1 aliphatic rings. The molecule has 2 atom stereocenters. The number of carbonyl (C=O) groups excluding carboxylic acids is 2. The summed E-state index contributed by atoms with van der Waals surface area (Å²) in [5.74, 6) is -0.911. The Labute approximate surface area is 217 Å². The van der Waals surface area contributed by atoms with Crippen molar-refractivity contribution in [2.24, 2.45) is 0 Å². The number of pyridine rings is 1. The number of amides is 2. The van der Waals surface area contributed by atoms with Gasteiger partial charge in [-0.15, -0.1) is 5.10 Å². The Hall–Kier alpha value is -4.15. The third-order valence-corrected chi connectivity index (χ3v) is 6.72.